The number of hydrogen-bond acceptors (Lipinski definition) is 4. The number of nitrogens with one attached hydrogen (secondary N) is 1. The molecule has 0 heterocycles. The van der Waals surface area contributed by atoms with E-state index in [4.69, 9.17) is 22.4 Å². The van der Waals surface area contributed by atoms with Crippen LogP contribution in [0, 0.1) is 12.7 Å². The number of benzene rings is 2. The van der Waals surface area contributed by atoms with Crippen LogP contribution in [0.1, 0.15) is 21.5 Å². The second kappa shape index (κ2) is 8.03. The Morgan fingerprint density at radius 1 is 1.30 bits per heavy atom. The summed E-state index contributed by atoms with van der Waals surface area (Å²) in [5, 5.41) is 2.51. The lowest BCUT2D eigenvalue weighted by molar-refractivity contribution is -0.332. The molecule has 7 heteroatoms. The van der Waals surface area contributed by atoms with Crippen molar-refractivity contribution in [2.75, 3.05) is 0 Å². The summed E-state index contributed by atoms with van der Waals surface area (Å²) in [6.45, 7) is 1.55. The minimum Gasteiger partial charge on any atom is -0.324 e. The van der Waals surface area contributed by atoms with E-state index in [0.29, 0.717) is 5.56 Å². The van der Waals surface area contributed by atoms with E-state index in [1.54, 1.807) is 6.92 Å². The molecule has 1 atom stereocenters. The van der Waals surface area contributed by atoms with Crippen molar-refractivity contribution < 1.29 is 19.1 Å². The fourth-order valence-electron chi connectivity index (χ4n) is 2.09. The van der Waals surface area contributed by atoms with E-state index in [9.17, 15) is 9.18 Å². The summed E-state index contributed by atoms with van der Waals surface area (Å²) in [6, 6.07) is 12.2. The van der Waals surface area contributed by atoms with Gasteiger partial charge in [0, 0.05) is 6.42 Å². The van der Waals surface area contributed by atoms with E-state index in [2.05, 4.69) is 10.3 Å². The minimum atomic E-state index is -0.897. The Morgan fingerprint density at radius 3 is 2.65 bits per heavy atom. The van der Waals surface area contributed by atoms with Gasteiger partial charge in [0.25, 0.3) is 5.91 Å². The lowest BCUT2D eigenvalue weighted by Gasteiger charge is -2.17. The molecule has 0 aromatic heterocycles. The lowest BCUT2D eigenvalue weighted by Crippen LogP contribution is -2.39. The Balaban J connectivity index is 2.17. The third-order valence-electron chi connectivity index (χ3n) is 3.24. The molecule has 0 aliphatic rings. The van der Waals surface area contributed by atoms with Gasteiger partial charge in [-0.25, -0.2) is 4.39 Å². The molecule has 5 nitrogen and oxygen atoms in total. The zero-order chi connectivity index (χ0) is 16.8. The summed E-state index contributed by atoms with van der Waals surface area (Å²) in [7, 11) is 0. The first-order valence-corrected chi connectivity index (χ1v) is 7.22. The number of aryl methyl sites for hydroxylation is 1. The molecule has 0 spiro atoms. The maximum atomic E-state index is 14.1. The van der Waals surface area contributed by atoms with Crippen molar-refractivity contribution in [1.82, 2.24) is 5.32 Å². The number of nitrogens with two attached hydrogens (primary N) is 1. The van der Waals surface area contributed by atoms with Gasteiger partial charge in [0.1, 0.15) is 5.82 Å². The Hall–Kier alpha value is -1.99. The van der Waals surface area contributed by atoms with Gasteiger partial charge in [0.15, 0.2) is 6.23 Å². The molecule has 1 amide bonds. The summed E-state index contributed by atoms with van der Waals surface area (Å²) in [6.07, 6.45) is -0.611. The highest BCUT2D eigenvalue weighted by molar-refractivity contribution is 6.33. The van der Waals surface area contributed by atoms with E-state index in [0.717, 1.165) is 5.56 Å². The first kappa shape index (κ1) is 17.4. The molecule has 122 valence electrons. The molecule has 2 aromatic rings. The van der Waals surface area contributed by atoms with Gasteiger partial charge in [0.05, 0.1) is 10.6 Å². The van der Waals surface area contributed by atoms with Gasteiger partial charge in [-0.15, -0.1) is 4.99 Å². The second-order valence-corrected chi connectivity index (χ2v) is 5.30. The molecule has 3 N–H and O–H groups in total. The van der Waals surface area contributed by atoms with Gasteiger partial charge in [-0.05, 0) is 24.1 Å². The fourth-order valence-corrected chi connectivity index (χ4v) is 2.32. The number of rotatable bonds is 6. The molecule has 0 aliphatic carbocycles. The quantitative estimate of drug-likeness (QED) is 0.482. The molecule has 0 fully saturated rings. The zero-order valence-electron chi connectivity index (χ0n) is 12.4. The maximum Gasteiger partial charge on any atom is 0.257 e. The van der Waals surface area contributed by atoms with E-state index in [1.807, 2.05) is 30.3 Å². The third kappa shape index (κ3) is 4.49. The van der Waals surface area contributed by atoms with Crippen LogP contribution in [0.4, 0.5) is 4.39 Å². The van der Waals surface area contributed by atoms with Crippen LogP contribution in [-0.2, 0) is 16.3 Å². The van der Waals surface area contributed by atoms with Crippen LogP contribution in [0.3, 0.4) is 0 Å². The monoisotopic (exact) mass is 338 g/mol. The smallest absolute Gasteiger partial charge is 0.257 e. The highest BCUT2D eigenvalue weighted by Crippen LogP contribution is 2.22. The van der Waals surface area contributed by atoms with Crippen LogP contribution < -0.4 is 11.2 Å². The summed E-state index contributed by atoms with van der Waals surface area (Å²) >= 11 is 5.92. The van der Waals surface area contributed by atoms with Gasteiger partial charge in [-0.2, -0.15) is 10.8 Å². The van der Waals surface area contributed by atoms with Gasteiger partial charge < -0.3 is 5.32 Å². The van der Waals surface area contributed by atoms with Crippen LogP contribution >= 0.6 is 11.6 Å². The SMILES string of the molecule is Cc1ccc(Cl)c(C(=O)N[C@H](Cc2ccccc2)OON)c1F. The summed E-state index contributed by atoms with van der Waals surface area (Å²) in [4.78, 5) is 21.3. The molecular formula is C16H16ClFN2O3. The average molecular weight is 339 g/mol. The Bertz CT molecular complexity index is 683. The molecule has 0 bridgehead atoms. The number of carbonyl (C=O) groups is 1. The largest absolute Gasteiger partial charge is 0.324 e. The van der Waals surface area contributed by atoms with Crippen molar-refractivity contribution in [3.63, 3.8) is 0 Å². The number of halogens is 2. The van der Waals surface area contributed by atoms with Crippen molar-refractivity contribution in [1.29, 1.82) is 0 Å². The maximum absolute atomic E-state index is 14.1. The predicted octanol–water partition coefficient (Wildman–Crippen LogP) is 2.91. The van der Waals surface area contributed by atoms with Crippen LogP contribution in [0.5, 0.6) is 0 Å². The third-order valence-corrected chi connectivity index (χ3v) is 3.55. The molecular weight excluding hydrogens is 323 g/mol. The van der Waals surface area contributed by atoms with Gasteiger partial charge >= 0.3 is 0 Å². The standard InChI is InChI=1S/C16H16ClFN2O3/c1-10-7-8-12(17)14(15(10)18)16(21)20-13(22-23-19)9-11-5-3-2-4-6-11/h2-8,13H,9,19H2,1H3,(H,20,21)/t13-/m0/s1. The molecule has 0 radical (unpaired) electrons. The number of amides is 1. The average Bonchev–Trinajstić information content (AvgIpc) is 2.52. The molecule has 0 unspecified atom stereocenters. The Labute approximate surface area is 138 Å². The van der Waals surface area contributed by atoms with Crippen LogP contribution in [0.2, 0.25) is 5.02 Å². The van der Waals surface area contributed by atoms with E-state index < -0.39 is 18.0 Å². The highest BCUT2D eigenvalue weighted by atomic mass is 35.5. The Kier molecular flexibility index (Phi) is 6.06. The van der Waals surface area contributed by atoms with Crippen LogP contribution in [-0.4, -0.2) is 12.1 Å². The van der Waals surface area contributed by atoms with E-state index in [-0.39, 0.29) is 17.0 Å². The summed E-state index contributed by atoms with van der Waals surface area (Å²) < 4.78 is 14.1. The molecule has 23 heavy (non-hydrogen) atoms. The second-order valence-electron chi connectivity index (χ2n) is 4.90. The number of carbonyl (C=O) groups excluding carboxylic acids is 1. The van der Waals surface area contributed by atoms with Gasteiger partial charge in [-0.1, -0.05) is 48.0 Å². The highest BCUT2D eigenvalue weighted by Gasteiger charge is 2.22. The molecule has 2 aromatic carbocycles. The number of hydrogen-bond donors (Lipinski definition) is 2. The topological polar surface area (TPSA) is 73.6 Å². The minimum absolute atomic E-state index is 0.0118. The normalized spacial score (nSPS) is 12.0. The lowest BCUT2D eigenvalue weighted by atomic mass is 10.1. The van der Waals surface area contributed by atoms with Gasteiger partial charge in [0.2, 0.25) is 0 Å². The summed E-state index contributed by atoms with van der Waals surface area (Å²) in [5.74, 6) is 3.52. The van der Waals surface area contributed by atoms with Crippen molar-refractivity contribution in [3.8, 4) is 0 Å². The first-order chi connectivity index (χ1) is 11.0. The van der Waals surface area contributed by atoms with E-state index >= 15 is 0 Å². The van der Waals surface area contributed by atoms with E-state index in [1.165, 1.54) is 12.1 Å². The van der Waals surface area contributed by atoms with Crippen LogP contribution in [0.25, 0.3) is 0 Å². The fraction of sp³-hybridized carbons (Fsp3) is 0.188. The molecule has 0 saturated carbocycles. The van der Waals surface area contributed by atoms with Gasteiger partial charge in [-0.3, -0.25) is 4.79 Å². The van der Waals surface area contributed by atoms with Crippen molar-refractivity contribution in [2.24, 2.45) is 5.90 Å². The molecule has 2 rings (SSSR count). The van der Waals surface area contributed by atoms with Crippen molar-refractivity contribution in [3.05, 3.63) is 70.0 Å². The van der Waals surface area contributed by atoms with Crippen molar-refractivity contribution >= 4 is 17.5 Å². The molecule has 0 saturated heterocycles. The first-order valence-electron chi connectivity index (χ1n) is 6.84. The summed E-state index contributed by atoms with van der Waals surface area (Å²) in [5.41, 5.74) is 0.950. The van der Waals surface area contributed by atoms with Crippen molar-refractivity contribution in [2.45, 2.75) is 19.6 Å². The Morgan fingerprint density at radius 2 is 2.00 bits per heavy atom. The van der Waals surface area contributed by atoms with Crippen LogP contribution in [0.15, 0.2) is 42.5 Å². The zero-order valence-corrected chi connectivity index (χ0v) is 13.1. The molecule has 0 aliphatic heterocycles. The predicted molar refractivity (Wildman–Crippen MR) is 83.9 cm³/mol.